The van der Waals surface area contributed by atoms with Crippen LogP contribution in [0.25, 0.3) is 0 Å². The summed E-state index contributed by atoms with van der Waals surface area (Å²) in [7, 11) is 0. The Morgan fingerprint density at radius 1 is 1.00 bits per heavy atom. The maximum Gasteiger partial charge on any atom is 0.289 e. The number of primary amides is 1. The second kappa shape index (κ2) is 4.99. The standard InChI is InChI=1S/C13H16N2O2/c14-13(17)12(16)10-4-6-11(7-5-10)15-8-2-1-3-9-15/h4-7H,1-3,8-9H2,(H2,14,17). The molecule has 4 nitrogen and oxygen atoms in total. The summed E-state index contributed by atoms with van der Waals surface area (Å²) in [6.45, 7) is 2.12. The molecule has 0 spiro atoms. The molecule has 1 aromatic rings. The molecule has 0 radical (unpaired) electrons. The molecule has 0 atom stereocenters. The number of anilines is 1. The van der Waals surface area contributed by atoms with Gasteiger partial charge in [-0.15, -0.1) is 0 Å². The van der Waals surface area contributed by atoms with Crippen LogP contribution in [-0.4, -0.2) is 24.8 Å². The highest BCUT2D eigenvalue weighted by Crippen LogP contribution is 2.20. The lowest BCUT2D eigenvalue weighted by molar-refractivity contribution is -0.114. The van der Waals surface area contributed by atoms with E-state index in [-0.39, 0.29) is 0 Å². The van der Waals surface area contributed by atoms with Gasteiger partial charge >= 0.3 is 0 Å². The van der Waals surface area contributed by atoms with E-state index >= 15 is 0 Å². The van der Waals surface area contributed by atoms with Gasteiger partial charge in [-0.25, -0.2) is 0 Å². The van der Waals surface area contributed by atoms with Crippen LogP contribution in [0.1, 0.15) is 29.6 Å². The molecule has 1 heterocycles. The monoisotopic (exact) mass is 232 g/mol. The maximum atomic E-state index is 11.3. The lowest BCUT2D eigenvalue weighted by Gasteiger charge is -2.28. The molecule has 1 aliphatic rings. The molecule has 90 valence electrons. The number of carbonyl (C=O) groups excluding carboxylic acids is 2. The number of piperidine rings is 1. The number of nitrogens with two attached hydrogens (primary N) is 1. The van der Waals surface area contributed by atoms with E-state index in [2.05, 4.69) is 4.90 Å². The van der Waals surface area contributed by atoms with Gasteiger partial charge in [-0.3, -0.25) is 9.59 Å². The van der Waals surface area contributed by atoms with Crippen LogP contribution < -0.4 is 10.6 Å². The molecule has 0 aliphatic carbocycles. The molecule has 2 N–H and O–H groups in total. The molecule has 0 unspecified atom stereocenters. The van der Waals surface area contributed by atoms with Gasteiger partial charge in [-0.05, 0) is 43.5 Å². The first-order valence-corrected chi connectivity index (χ1v) is 5.87. The Bertz CT molecular complexity index is 420. The van der Waals surface area contributed by atoms with Crippen molar-refractivity contribution in [2.24, 2.45) is 5.73 Å². The lowest BCUT2D eigenvalue weighted by Crippen LogP contribution is -2.29. The van der Waals surface area contributed by atoms with Crippen molar-refractivity contribution in [1.29, 1.82) is 0 Å². The van der Waals surface area contributed by atoms with Crippen LogP contribution in [0.4, 0.5) is 5.69 Å². The fourth-order valence-electron chi connectivity index (χ4n) is 2.12. The zero-order valence-electron chi connectivity index (χ0n) is 9.69. The third-order valence-corrected chi connectivity index (χ3v) is 3.07. The summed E-state index contributed by atoms with van der Waals surface area (Å²) in [6, 6.07) is 7.08. The molecule has 2 rings (SSSR count). The number of hydrogen-bond donors (Lipinski definition) is 1. The highest BCUT2D eigenvalue weighted by molar-refractivity contribution is 6.42. The van der Waals surface area contributed by atoms with Gasteiger partial charge in [0.05, 0.1) is 0 Å². The fourth-order valence-corrected chi connectivity index (χ4v) is 2.12. The number of ketones is 1. The van der Waals surface area contributed by atoms with Crippen molar-refractivity contribution in [3.63, 3.8) is 0 Å². The number of hydrogen-bond acceptors (Lipinski definition) is 3. The normalized spacial score (nSPS) is 15.6. The first-order valence-electron chi connectivity index (χ1n) is 5.87. The largest absolute Gasteiger partial charge is 0.372 e. The highest BCUT2D eigenvalue weighted by Gasteiger charge is 2.14. The Labute approximate surface area is 100 Å². The van der Waals surface area contributed by atoms with Crippen LogP contribution in [0.5, 0.6) is 0 Å². The number of nitrogens with zero attached hydrogens (tertiary/aromatic N) is 1. The second-order valence-corrected chi connectivity index (χ2v) is 4.29. The van der Waals surface area contributed by atoms with Gasteiger partial charge in [0.2, 0.25) is 5.78 Å². The third kappa shape index (κ3) is 2.64. The molecule has 4 heteroatoms. The first-order chi connectivity index (χ1) is 8.18. The van der Waals surface area contributed by atoms with Gasteiger partial charge in [0, 0.05) is 24.3 Å². The van der Waals surface area contributed by atoms with Gasteiger partial charge in [-0.1, -0.05) is 0 Å². The summed E-state index contributed by atoms with van der Waals surface area (Å²) in [5.41, 5.74) is 6.41. The van der Waals surface area contributed by atoms with Crippen molar-refractivity contribution in [2.45, 2.75) is 19.3 Å². The molecule has 0 bridgehead atoms. The van der Waals surface area contributed by atoms with E-state index in [1.54, 1.807) is 12.1 Å². The fraction of sp³-hybridized carbons (Fsp3) is 0.385. The molecular weight excluding hydrogens is 216 g/mol. The quantitative estimate of drug-likeness (QED) is 0.632. The minimum Gasteiger partial charge on any atom is -0.372 e. The third-order valence-electron chi connectivity index (χ3n) is 3.07. The van der Waals surface area contributed by atoms with Gasteiger partial charge in [0.15, 0.2) is 0 Å². The number of rotatable bonds is 3. The molecule has 0 aromatic heterocycles. The van der Waals surface area contributed by atoms with Crippen molar-refractivity contribution in [3.8, 4) is 0 Å². The van der Waals surface area contributed by atoms with Crippen molar-refractivity contribution >= 4 is 17.4 Å². The smallest absolute Gasteiger partial charge is 0.289 e. The zero-order valence-corrected chi connectivity index (χ0v) is 9.69. The molecular formula is C13H16N2O2. The van der Waals surface area contributed by atoms with E-state index in [9.17, 15) is 9.59 Å². The topological polar surface area (TPSA) is 63.4 Å². The average Bonchev–Trinajstić information content (AvgIpc) is 2.39. The van der Waals surface area contributed by atoms with Crippen LogP contribution in [0.2, 0.25) is 0 Å². The van der Waals surface area contributed by atoms with Crippen LogP contribution in [0.3, 0.4) is 0 Å². The van der Waals surface area contributed by atoms with Crippen LogP contribution >= 0.6 is 0 Å². The summed E-state index contributed by atoms with van der Waals surface area (Å²) < 4.78 is 0. The summed E-state index contributed by atoms with van der Waals surface area (Å²) in [5.74, 6) is -1.54. The number of amides is 1. The molecule has 1 aromatic carbocycles. The predicted molar refractivity (Wildman–Crippen MR) is 66.0 cm³/mol. The summed E-state index contributed by atoms with van der Waals surface area (Å²) >= 11 is 0. The average molecular weight is 232 g/mol. The lowest BCUT2D eigenvalue weighted by atomic mass is 10.1. The highest BCUT2D eigenvalue weighted by atomic mass is 16.2. The van der Waals surface area contributed by atoms with Gasteiger partial charge in [0.1, 0.15) is 0 Å². The van der Waals surface area contributed by atoms with Crippen molar-refractivity contribution in [1.82, 2.24) is 0 Å². The minimum atomic E-state index is -0.907. The molecule has 1 fully saturated rings. The van der Waals surface area contributed by atoms with Gasteiger partial charge < -0.3 is 10.6 Å². The van der Waals surface area contributed by atoms with Gasteiger partial charge in [-0.2, -0.15) is 0 Å². The molecule has 1 amide bonds. The second-order valence-electron chi connectivity index (χ2n) is 4.29. The van der Waals surface area contributed by atoms with Crippen LogP contribution in [0, 0.1) is 0 Å². The van der Waals surface area contributed by atoms with Crippen LogP contribution in [-0.2, 0) is 4.79 Å². The van der Waals surface area contributed by atoms with Crippen LogP contribution in [0.15, 0.2) is 24.3 Å². The molecule has 1 aliphatic heterocycles. The van der Waals surface area contributed by atoms with Crippen molar-refractivity contribution < 1.29 is 9.59 Å². The summed E-state index contributed by atoms with van der Waals surface area (Å²) in [5, 5.41) is 0. The molecule has 0 saturated carbocycles. The Kier molecular flexibility index (Phi) is 3.42. The van der Waals surface area contributed by atoms with E-state index in [4.69, 9.17) is 5.73 Å². The number of Topliss-reactive ketones (excluding diaryl/α,β-unsaturated/α-hetero) is 1. The zero-order chi connectivity index (χ0) is 12.3. The van der Waals surface area contributed by atoms with Gasteiger partial charge in [0.25, 0.3) is 5.91 Å². The number of benzene rings is 1. The van der Waals surface area contributed by atoms with E-state index in [0.29, 0.717) is 5.56 Å². The molecule has 17 heavy (non-hydrogen) atoms. The minimum absolute atomic E-state index is 0.359. The van der Waals surface area contributed by atoms with Crippen molar-refractivity contribution in [3.05, 3.63) is 29.8 Å². The number of carbonyl (C=O) groups is 2. The van der Waals surface area contributed by atoms with E-state index in [1.165, 1.54) is 19.3 Å². The first kappa shape index (κ1) is 11.6. The summed E-state index contributed by atoms with van der Waals surface area (Å²) in [6.07, 6.45) is 3.71. The molecule has 1 saturated heterocycles. The Hall–Kier alpha value is -1.84. The van der Waals surface area contributed by atoms with E-state index in [1.807, 2.05) is 12.1 Å². The Morgan fingerprint density at radius 3 is 2.12 bits per heavy atom. The van der Waals surface area contributed by atoms with E-state index in [0.717, 1.165) is 18.8 Å². The maximum absolute atomic E-state index is 11.3. The Balaban J connectivity index is 2.12. The van der Waals surface area contributed by atoms with Crippen molar-refractivity contribution in [2.75, 3.05) is 18.0 Å². The predicted octanol–water partition coefficient (Wildman–Crippen LogP) is 1.34. The van der Waals surface area contributed by atoms with E-state index < -0.39 is 11.7 Å². The SMILES string of the molecule is NC(=O)C(=O)c1ccc(N2CCCCC2)cc1. The Morgan fingerprint density at radius 2 is 1.59 bits per heavy atom. The summed E-state index contributed by atoms with van der Waals surface area (Å²) in [4.78, 5) is 24.4.